The number of benzene rings is 1. The van der Waals surface area contributed by atoms with Crippen LogP contribution in [0.2, 0.25) is 0 Å². The van der Waals surface area contributed by atoms with Crippen molar-refractivity contribution in [2.75, 3.05) is 19.6 Å². The Labute approximate surface area is 143 Å². The molecule has 1 saturated heterocycles. The van der Waals surface area contributed by atoms with Crippen LogP contribution in [0.15, 0.2) is 30.3 Å². The van der Waals surface area contributed by atoms with E-state index in [2.05, 4.69) is 38.9 Å². The van der Waals surface area contributed by atoms with Crippen molar-refractivity contribution in [1.82, 2.24) is 14.6 Å². The molecule has 24 heavy (non-hydrogen) atoms. The Bertz CT molecular complexity index is 778. The van der Waals surface area contributed by atoms with E-state index in [1.807, 2.05) is 6.07 Å². The molecule has 4 rings (SSSR count). The Morgan fingerprint density at radius 3 is 2.83 bits per heavy atom. The van der Waals surface area contributed by atoms with Gasteiger partial charge >= 0.3 is 0 Å². The fourth-order valence-corrected chi connectivity index (χ4v) is 5.11. The standard InChI is InChI=1S/C18H25N3O2S/c22-24(23,17-7-8-17)19-11-14-4-3-9-21(12-14)13-16-10-15-5-1-2-6-18(15)20-16/h1-2,5-6,10,14,17,19-20H,3-4,7-9,11-13H2/t14-/m1/s1. The summed E-state index contributed by atoms with van der Waals surface area (Å²) in [5.74, 6) is 0.414. The number of aromatic nitrogens is 1. The number of hydrogen-bond donors (Lipinski definition) is 2. The molecule has 0 spiro atoms. The van der Waals surface area contributed by atoms with E-state index in [0.717, 1.165) is 45.3 Å². The van der Waals surface area contributed by atoms with E-state index < -0.39 is 10.0 Å². The molecule has 1 saturated carbocycles. The molecule has 1 aliphatic heterocycles. The van der Waals surface area contributed by atoms with Crippen molar-refractivity contribution in [2.24, 2.45) is 5.92 Å². The van der Waals surface area contributed by atoms with Gasteiger partial charge in [0.25, 0.3) is 0 Å². The Balaban J connectivity index is 1.34. The minimum absolute atomic E-state index is 0.122. The molecule has 5 nitrogen and oxygen atoms in total. The first-order valence-electron chi connectivity index (χ1n) is 8.87. The summed E-state index contributed by atoms with van der Waals surface area (Å²) >= 11 is 0. The van der Waals surface area contributed by atoms with Crippen LogP contribution in [0.25, 0.3) is 10.9 Å². The molecule has 1 aromatic carbocycles. The number of piperidine rings is 1. The Morgan fingerprint density at radius 1 is 1.21 bits per heavy atom. The predicted molar refractivity (Wildman–Crippen MR) is 96.2 cm³/mol. The first-order valence-corrected chi connectivity index (χ1v) is 10.4. The van der Waals surface area contributed by atoms with Gasteiger partial charge in [0.1, 0.15) is 0 Å². The number of nitrogens with one attached hydrogen (secondary N) is 2. The SMILES string of the molecule is O=S(=O)(NC[C@H]1CCCN(Cc2cc3ccccc3[nH]2)C1)C1CC1. The van der Waals surface area contributed by atoms with Crippen LogP contribution in [0.4, 0.5) is 0 Å². The van der Waals surface area contributed by atoms with Crippen LogP contribution < -0.4 is 4.72 Å². The predicted octanol–water partition coefficient (Wildman–Crippen LogP) is 2.46. The van der Waals surface area contributed by atoms with Crippen LogP contribution in [-0.4, -0.2) is 43.2 Å². The molecule has 1 aromatic heterocycles. The normalized spacial score (nSPS) is 22.9. The molecule has 0 radical (unpaired) electrons. The summed E-state index contributed by atoms with van der Waals surface area (Å²) < 4.78 is 26.8. The molecular weight excluding hydrogens is 322 g/mol. The summed E-state index contributed by atoms with van der Waals surface area (Å²) in [5, 5.41) is 1.13. The van der Waals surface area contributed by atoms with E-state index in [-0.39, 0.29) is 5.25 Å². The van der Waals surface area contributed by atoms with Crippen molar-refractivity contribution in [3.8, 4) is 0 Å². The van der Waals surface area contributed by atoms with Gasteiger partial charge in [-0.25, -0.2) is 13.1 Å². The van der Waals surface area contributed by atoms with E-state index in [9.17, 15) is 8.42 Å². The molecule has 0 amide bonds. The summed E-state index contributed by atoms with van der Waals surface area (Å²) in [5.41, 5.74) is 2.41. The first kappa shape index (κ1) is 16.1. The summed E-state index contributed by atoms with van der Waals surface area (Å²) in [7, 11) is -3.05. The molecule has 2 heterocycles. The molecule has 0 bridgehead atoms. The third-order valence-electron chi connectivity index (χ3n) is 5.12. The largest absolute Gasteiger partial charge is 0.357 e. The van der Waals surface area contributed by atoms with Gasteiger partial charge in [-0.05, 0) is 55.7 Å². The van der Waals surface area contributed by atoms with Gasteiger partial charge in [0.15, 0.2) is 0 Å². The lowest BCUT2D eigenvalue weighted by Gasteiger charge is -2.32. The molecule has 1 atom stereocenters. The maximum atomic E-state index is 12.0. The minimum atomic E-state index is -3.05. The zero-order valence-electron chi connectivity index (χ0n) is 13.9. The third kappa shape index (κ3) is 3.66. The van der Waals surface area contributed by atoms with E-state index in [0.29, 0.717) is 12.5 Å². The smallest absolute Gasteiger partial charge is 0.214 e. The molecule has 2 fully saturated rings. The lowest BCUT2D eigenvalue weighted by molar-refractivity contribution is 0.167. The minimum Gasteiger partial charge on any atom is -0.357 e. The van der Waals surface area contributed by atoms with Gasteiger partial charge in [-0.3, -0.25) is 4.90 Å². The van der Waals surface area contributed by atoms with Crippen molar-refractivity contribution >= 4 is 20.9 Å². The lowest BCUT2D eigenvalue weighted by Crippen LogP contribution is -2.41. The lowest BCUT2D eigenvalue weighted by atomic mass is 9.98. The summed E-state index contributed by atoms with van der Waals surface area (Å²) in [6.45, 7) is 3.53. The number of H-pyrrole nitrogens is 1. The second-order valence-electron chi connectivity index (χ2n) is 7.22. The molecule has 130 valence electrons. The van der Waals surface area contributed by atoms with Crippen LogP contribution >= 0.6 is 0 Å². The summed E-state index contributed by atoms with van der Waals surface area (Å²) in [6.07, 6.45) is 3.89. The van der Waals surface area contributed by atoms with Crippen LogP contribution in [-0.2, 0) is 16.6 Å². The molecule has 2 aliphatic rings. The fraction of sp³-hybridized carbons (Fsp3) is 0.556. The van der Waals surface area contributed by atoms with Crippen LogP contribution in [0.5, 0.6) is 0 Å². The molecule has 6 heteroatoms. The number of aromatic amines is 1. The number of para-hydroxylation sites is 1. The zero-order valence-corrected chi connectivity index (χ0v) is 14.7. The number of likely N-dealkylation sites (tertiary alicyclic amines) is 1. The second-order valence-corrected chi connectivity index (χ2v) is 9.26. The van der Waals surface area contributed by atoms with Gasteiger partial charge < -0.3 is 4.98 Å². The number of fused-ring (bicyclic) bond motifs is 1. The van der Waals surface area contributed by atoms with Crippen molar-refractivity contribution in [2.45, 2.75) is 37.5 Å². The van der Waals surface area contributed by atoms with Gasteiger partial charge in [0.05, 0.1) is 5.25 Å². The van der Waals surface area contributed by atoms with Crippen LogP contribution in [0.1, 0.15) is 31.4 Å². The van der Waals surface area contributed by atoms with Crippen molar-refractivity contribution < 1.29 is 8.42 Å². The van der Waals surface area contributed by atoms with Crippen molar-refractivity contribution in [3.05, 3.63) is 36.0 Å². The highest BCUT2D eigenvalue weighted by Crippen LogP contribution is 2.28. The molecule has 2 N–H and O–H groups in total. The van der Waals surface area contributed by atoms with Gasteiger partial charge in [0.2, 0.25) is 10.0 Å². The molecule has 0 unspecified atom stereocenters. The summed E-state index contributed by atoms with van der Waals surface area (Å²) in [4.78, 5) is 5.92. The second kappa shape index (κ2) is 6.50. The Kier molecular flexibility index (Phi) is 4.37. The monoisotopic (exact) mass is 347 g/mol. The van der Waals surface area contributed by atoms with E-state index in [4.69, 9.17) is 0 Å². The van der Waals surface area contributed by atoms with E-state index in [1.54, 1.807) is 0 Å². The molecular formula is C18H25N3O2S. The highest BCUT2D eigenvalue weighted by molar-refractivity contribution is 7.90. The van der Waals surface area contributed by atoms with Gasteiger partial charge in [0, 0.05) is 30.8 Å². The van der Waals surface area contributed by atoms with Gasteiger partial charge in [-0.15, -0.1) is 0 Å². The van der Waals surface area contributed by atoms with Crippen molar-refractivity contribution in [3.63, 3.8) is 0 Å². The molecule has 2 aromatic rings. The van der Waals surface area contributed by atoms with E-state index in [1.165, 1.54) is 16.6 Å². The Morgan fingerprint density at radius 2 is 2.04 bits per heavy atom. The Hall–Kier alpha value is -1.37. The number of nitrogens with zero attached hydrogens (tertiary/aromatic N) is 1. The highest BCUT2D eigenvalue weighted by atomic mass is 32.2. The van der Waals surface area contributed by atoms with Gasteiger partial charge in [-0.2, -0.15) is 0 Å². The quantitative estimate of drug-likeness (QED) is 0.844. The van der Waals surface area contributed by atoms with Crippen molar-refractivity contribution in [1.29, 1.82) is 0 Å². The third-order valence-corrected chi connectivity index (χ3v) is 7.04. The first-order chi connectivity index (χ1) is 11.6. The topological polar surface area (TPSA) is 65.2 Å². The highest BCUT2D eigenvalue weighted by Gasteiger charge is 2.36. The fourth-order valence-electron chi connectivity index (χ4n) is 3.65. The maximum Gasteiger partial charge on any atom is 0.214 e. The van der Waals surface area contributed by atoms with E-state index >= 15 is 0 Å². The maximum absolute atomic E-state index is 12.0. The number of sulfonamides is 1. The summed E-state index contributed by atoms with van der Waals surface area (Å²) in [6, 6.07) is 10.6. The average Bonchev–Trinajstić information content (AvgIpc) is 3.35. The van der Waals surface area contributed by atoms with Crippen LogP contribution in [0, 0.1) is 5.92 Å². The average molecular weight is 347 g/mol. The number of rotatable bonds is 6. The van der Waals surface area contributed by atoms with Gasteiger partial charge in [-0.1, -0.05) is 18.2 Å². The zero-order chi connectivity index (χ0) is 16.6. The number of hydrogen-bond acceptors (Lipinski definition) is 3. The van der Waals surface area contributed by atoms with Crippen LogP contribution in [0.3, 0.4) is 0 Å². The molecule has 1 aliphatic carbocycles.